The minimum atomic E-state index is -3.82. The minimum Gasteiger partial charge on any atom is -0.480 e. The van der Waals surface area contributed by atoms with E-state index in [-0.39, 0.29) is 6.16 Å². The summed E-state index contributed by atoms with van der Waals surface area (Å²) in [4.78, 5) is 34.3. The van der Waals surface area contributed by atoms with Crippen molar-refractivity contribution < 1.29 is 28.7 Å². The fraction of sp³-hybridized carbons (Fsp3) is 0.857. The Kier molecular flexibility index (Phi) is 7.53. The molecular weight excluding hydrogens is 309 g/mol. The van der Waals surface area contributed by atoms with Gasteiger partial charge in [-0.3, -0.25) is 13.9 Å². The largest absolute Gasteiger partial charge is 0.480 e. The fourth-order valence-electron chi connectivity index (χ4n) is 2.60. The molecule has 0 saturated carbocycles. The van der Waals surface area contributed by atoms with Crippen LogP contribution in [-0.2, 0) is 18.7 Å². The Morgan fingerprint density at radius 1 is 1.36 bits per heavy atom. The topological polar surface area (TPSA) is 104 Å². The molecule has 1 amide bonds. The molecule has 0 aliphatic carbocycles. The third-order valence-electron chi connectivity index (χ3n) is 3.79. The average molecular weight is 335 g/mol. The number of likely N-dealkylation sites (tertiary alicyclic amines) is 1. The molecule has 0 bridgehead atoms. The summed E-state index contributed by atoms with van der Waals surface area (Å²) in [6.45, 7) is 3.79. The summed E-state index contributed by atoms with van der Waals surface area (Å²) in [5, 5.41) is 9.07. The van der Waals surface area contributed by atoms with Gasteiger partial charge in [-0.1, -0.05) is 26.2 Å². The van der Waals surface area contributed by atoms with Crippen molar-refractivity contribution in [3.63, 3.8) is 0 Å². The molecular formula is C14H26NO6P. The Hall–Kier alpha value is -0.910. The zero-order chi connectivity index (χ0) is 16.8. The lowest BCUT2D eigenvalue weighted by atomic mass is 10.2. The van der Waals surface area contributed by atoms with Gasteiger partial charge in [0.05, 0.1) is 6.16 Å². The SMILES string of the molecule is CCCCCCP(=O)(O)OC(C)C(=O)N1CCCC1C(=O)O. The number of carbonyl (C=O) groups is 2. The summed E-state index contributed by atoms with van der Waals surface area (Å²) in [6, 6.07) is -0.860. The molecule has 3 atom stereocenters. The highest BCUT2D eigenvalue weighted by Gasteiger charge is 2.37. The molecule has 0 spiro atoms. The van der Waals surface area contributed by atoms with Crippen LogP contribution < -0.4 is 0 Å². The van der Waals surface area contributed by atoms with Crippen LogP contribution in [0.2, 0.25) is 0 Å². The monoisotopic (exact) mass is 335 g/mol. The van der Waals surface area contributed by atoms with Crippen LogP contribution in [0.5, 0.6) is 0 Å². The molecule has 1 aliphatic rings. The molecule has 22 heavy (non-hydrogen) atoms. The van der Waals surface area contributed by atoms with Crippen molar-refractivity contribution in [1.29, 1.82) is 0 Å². The lowest BCUT2D eigenvalue weighted by Crippen LogP contribution is -2.45. The molecule has 1 saturated heterocycles. The van der Waals surface area contributed by atoms with Gasteiger partial charge in [-0.25, -0.2) is 4.79 Å². The van der Waals surface area contributed by atoms with Gasteiger partial charge in [-0.15, -0.1) is 0 Å². The number of carboxylic acid groups (broad SMARTS) is 1. The predicted octanol–water partition coefficient (Wildman–Crippen LogP) is 2.23. The zero-order valence-electron chi connectivity index (χ0n) is 13.2. The maximum Gasteiger partial charge on any atom is 0.328 e. The van der Waals surface area contributed by atoms with E-state index >= 15 is 0 Å². The first kappa shape index (κ1) is 19.1. The Morgan fingerprint density at radius 2 is 2.05 bits per heavy atom. The Bertz CT molecular complexity index is 441. The molecule has 1 rings (SSSR count). The van der Waals surface area contributed by atoms with Crippen molar-refractivity contribution in [2.45, 2.75) is 64.5 Å². The number of hydrogen-bond acceptors (Lipinski definition) is 4. The third-order valence-corrected chi connectivity index (χ3v) is 5.31. The van der Waals surface area contributed by atoms with E-state index in [9.17, 15) is 19.0 Å². The minimum absolute atomic E-state index is 0.0208. The molecule has 0 aromatic rings. The number of unbranched alkanes of at least 4 members (excludes halogenated alkanes) is 3. The van der Waals surface area contributed by atoms with Crippen molar-refractivity contribution in [3.8, 4) is 0 Å². The van der Waals surface area contributed by atoms with Gasteiger partial charge in [0.1, 0.15) is 12.1 Å². The molecule has 7 nitrogen and oxygen atoms in total. The highest BCUT2D eigenvalue weighted by Crippen LogP contribution is 2.44. The standard InChI is InChI=1S/C14H26NO6P/c1-3-4-5-6-10-22(19,20)21-11(2)13(16)15-9-7-8-12(15)14(17)18/h11-12H,3-10H2,1-2H3,(H,17,18)(H,19,20). The molecule has 0 aromatic carbocycles. The van der Waals surface area contributed by atoms with E-state index in [1.807, 2.05) is 6.92 Å². The molecule has 1 heterocycles. The van der Waals surface area contributed by atoms with Crippen LogP contribution in [0.25, 0.3) is 0 Å². The van der Waals surface area contributed by atoms with Crippen LogP contribution in [0.4, 0.5) is 0 Å². The fourth-order valence-corrected chi connectivity index (χ4v) is 3.92. The molecule has 2 N–H and O–H groups in total. The number of hydrogen-bond donors (Lipinski definition) is 2. The first-order chi connectivity index (χ1) is 10.3. The Balaban J connectivity index is 2.52. The van der Waals surface area contributed by atoms with Gasteiger partial charge in [-0.2, -0.15) is 0 Å². The van der Waals surface area contributed by atoms with Gasteiger partial charge in [0.15, 0.2) is 0 Å². The first-order valence-corrected chi connectivity index (χ1v) is 9.58. The van der Waals surface area contributed by atoms with Crippen LogP contribution in [0, 0.1) is 0 Å². The van der Waals surface area contributed by atoms with Crippen molar-refractivity contribution in [2.75, 3.05) is 12.7 Å². The van der Waals surface area contributed by atoms with Crippen molar-refractivity contribution in [1.82, 2.24) is 4.90 Å². The van der Waals surface area contributed by atoms with Crippen molar-refractivity contribution >= 4 is 19.5 Å². The number of rotatable bonds is 9. The lowest BCUT2D eigenvalue weighted by Gasteiger charge is -2.26. The van der Waals surface area contributed by atoms with E-state index in [4.69, 9.17) is 9.63 Å². The molecule has 8 heteroatoms. The van der Waals surface area contributed by atoms with E-state index in [2.05, 4.69) is 0 Å². The number of nitrogens with zero attached hydrogens (tertiary/aromatic N) is 1. The van der Waals surface area contributed by atoms with Gasteiger partial charge >= 0.3 is 13.6 Å². The lowest BCUT2D eigenvalue weighted by molar-refractivity contribution is -0.151. The number of amides is 1. The summed E-state index contributed by atoms with van der Waals surface area (Å²) in [6.07, 6.45) is 3.36. The summed E-state index contributed by atoms with van der Waals surface area (Å²) < 4.78 is 17.0. The third kappa shape index (κ3) is 5.71. The van der Waals surface area contributed by atoms with E-state index in [1.54, 1.807) is 0 Å². The van der Waals surface area contributed by atoms with Gasteiger partial charge in [0.25, 0.3) is 5.91 Å². The molecule has 0 aromatic heterocycles. The first-order valence-electron chi connectivity index (χ1n) is 7.82. The van der Waals surface area contributed by atoms with Crippen LogP contribution in [-0.4, -0.2) is 51.6 Å². The highest BCUT2D eigenvalue weighted by molar-refractivity contribution is 7.52. The number of carbonyl (C=O) groups excluding carboxylic acids is 1. The number of aliphatic carboxylic acids is 1. The van der Waals surface area contributed by atoms with E-state index < -0.39 is 31.6 Å². The van der Waals surface area contributed by atoms with Gasteiger partial charge < -0.3 is 14.9 Å². The smallest absolute Gasteiger partial charge is 0.328 e. The van der Waals surface area contributed by atoms with Crippen molar-refractivity contribution in [3.05, 3.63) is 0 Å². The second-order valence-corrected chi connectivity index (χ2v) is 7.63. The quantitative estimate of drug-likeness (QED) is 0.494. The normalized spacial score (nSPS) is 22.3. The maximum atomic E-state index is 12.2. The summed E-state index contributed by atoms with van der Waals surface area (Å²) >= 11 is 0. The van der Waals surface area contributed by atoms with Crippen LogP contribution in [0.15, 0.2) is 0 Å². The van der Waals surface area contributed by atoms with E-state index in [0.717, 1.165) is 19.3 Å². The molecule has 3 unspecified atom stereocenters. The average Bonchev–Trinajstić information content (AvgIpc) is 2.91. The van der Waals surface area contributed by atoms with Gasteiger partial charge in [-0.05, 0) is 26.2 Å². The summed E-state index contributed by atoms with van der Waals surface area (Å²) in [7, 11) is -3.82. The van der Waals surface area contributed by atoms with Gasteiger partial charge in [0, 0.05) is 6.54 Å². The summed E-state index contributed by atoms with van der Waals surface area (Å²) in [5.74, 6) is -1.59. The number of carboxylic acids is 1. The second kappa shape index (κ2) is 8.65. The summed E-state index contributed by atoms with van der Waals surface area (Å²) in [5.41, 5.74) is 0. The zero-order valence-corrected chi connectivity index (χ0v) is 14.1. The second-order valence-electron chi connectivity index (χ2n) is 5.70. The van der Waals surface area contributed by atoms with E-state index in [1.165, 1.54) is 11.8 Å². The highest BCUT2D eigenvalue weighted by atomic mass is 31.2. The Morgan fingerprint density at radius 3 is 2.64 bits per heavy atom. The van der Waals surface area contributed by atoms with E-state index in [0.29, 0.717) is 25.8 Å². The Labute approximate surface area is 131 Å². The molecule has 1 aliphatic heterocycles. The molecule has 1 fully saturated rings. The van der Waals surface area contributed by atoms with Crippen molar-refractivity contribution in [2.24, 2.45) is 0 Å². The maximum absolute atomic E-state index is 12.2. The van der Waals surface area contributed by atoms with Crippen LogP contribution in [0.3, 0.4) is 0 Å². The van der Waals surface area contributed by atoms with Crippen LogP contribution in [0.1, 0.15) is 52.4 Å². The van der Waals surface area contributed by atoms with Crippen LogP contribution >= 0.6 is 7.60 Å². The molecule has 0 radical (unpaired) electrons. The molecule has 128 valence electrons. The van der Waals surface area contributed by atoms with Gasteiger partial charge in [0.2, 0.25) is 0 Å². The predicted molar refractivity (Wildman–Crippen MR) is 81.8 cm³/mol.